The number of carbonyl (C=O) groups is 1. The first-order chi connectivity index (χ1) is 7.68. The molecule has 0 aromatic carbocycles. The van der Waals surface area contributed by atoms with E-state index in [1.807, 2.05) is 0 Å². The number of carboxylic acid groups (broad SMARTS) is 1. The minimum atomic E-state index is -1.14. The topological polar surface area (TPSA) is 88.2 Å². The number of nitrogens with zero attached hydrogens (tertiary/aromatic N) is 2. The van der Waals surface area contributed by atoms with E-state index in [0.29, 0.717) is 5.89 Å². The molecule has 1 aromatic heterocycles. The monoisotopic (exact) mass is 225 g/mol. The Labute approximate surface area is 93.0 Å². The van der Waals surface area contributed by atoms with Crippen molar-refractivity contribution >= 4 is 5.97 Å². The second kappa shape index (κ2) is 4.21. The molecule has 1 aromatic rings. The molecule has 0 amide bonds. The summed E-state index contributed by atoms with van der Waals surface area (Å²) in [5.41, 5.74) is -0.147. The van der Waals surface area contributed by atoms with Crippen LogP contribution >= 0.6 is 0 Å². The summed E-state index contributed by atoms with van der Waals surface area (Å²) in [7, 11) is 0. The Hall–Kier alpha value is -1.43. The van der Waals surface area contributed by atoms with Crippen LogP contribution in [-0.2, 0) is 5.41 Å². The van der Waals surface area contributed by atoms with Crippen LogP contribution in [0.15, 0.2) is 4.52 Å². The van der Waals surface area contributed by atoms with Gasteiger partial charge < -0.3 is 14.9 Å². The van der Waals surface area contributed by atoms with E-state index in [9.17, 15) is 4.79 Å². The van der Waals surface area contributed by atoms with Crippen molar-refractivity contribution < 1.29 is 14.4 Å². The normalized spacial score (nSPS) is 19.6. The number of rotatable bonds is 3. The third-order valence-electron chi connectivity index (χ3n) is 3.31. The van der Waals surface area contributed by atoms with E-state index < -0.39 is 5.97 Å². The Morgan fingerprint density at radius 1 is 1.56 bits per heavy atom. The second-order valence-corrected chi connectivity index (χ2v) is 4.11. The summed E-state index contributed by atoms with van der Waals surface area (Å²) in [6.07, 6.45) is 2.70. The Bertz CT molecular complexity index is 382. The molecule has 1 saturated heterocycles. The van der Waals surface area contributed by atoms with Gasteiger partial charge in [-0.25, -0.2) is 4.79 Å². The van der Waals surface area contributed by atoms with E-state index in [1.165, 1.54) is 0 Å². The smallest absolute Gasteiger partial charge is 0.377 e. The summed E-state index contributed by atoms with van der Waals surface area (Å²) < 4.78 is 5.09. The van der Waals surface area contributed by atoms with Crippen molar-refractivity contribution in [1.29, 1.82) is 0 Å². The molecule has 16 heavy (non-hydrogen) atoms. The van der Waals surface area contributed by atoms with Crippen LogP contribution in [-0.4, -0.2) is 34.3 Å². The lowest BCUT2D eigenvalue weighted by atomic mass is 9.76. The lowest BCUT2D eigenvalue weighted by Crippen LogP contribution is -2.39. The molecule has 2 N–H and O–H groups in total. The molecule has 1 fully saturated rings. The summed E-state index contributed by atoms with van der Waals surface area (Å²) in [4.78, 5) is 14.7. The molecule has 0 unspecified atom stereocenters. The molecule has 1 aliphatic rings. The summed E-state index contributed by atoms with van der Waals surface area (Å²) in [5.74, 6) is -0.926. The van der Waals surface area contributed by atoms with E-state index in [1.54, 1.807) is 0 Å². The molecular weight excluding hydrogens is 210 g/mol. The zero-order valence-electron chi connectivity index (χ0n) is 9.19. The van der Waals surface area contributed by atoms with Crippen molar-refractivity contribution in [3.63, 3.8) is 0 Å². The largest absolute Gasteiger partial charge is 0.475 e. The van der Waals surface area contributed by atoms with Gasteiger partial charge in [0.2, 0.25) is 5.89 Å². The maximum absolute atomic E-state index is 10.7. The molecule has 88 valence electrons. The average molecular weight is 225 g/mol. The van der Waals surface area contributed by atoms with Crippen molar-refractivity contribution in [3.8, 4) is 0 Å². The SMILES string of the molecule is CCC1(c2nc(C(=O)O)no2)CCNCC1. The molecule has 6 nitrogen and oxygen atoms in total. The van der Waals surface area contributed by atoms with E-state index in [4.69, 9.17) is 9.63 Å². The first kappa shape index (κ1) is 11.1. The molecule has 0 spiro atoms. The number of aromatic nitrogens is 2. The Kier molecular flexibility index (Phi) is 2.91. The van der Waals surface area contributed by atoms with Gasteiger partial charge in [-0.3, -0.25) is 0 Å². The molecule has 2 heterocycles. The van der Waals surface area contributed by atoms with Gasteiger partial charge in [-0.15, -0.1) is 0 Å². The standard InChI is InChI=1S/C10H15N3O3/c1-2-10(3-5-11-6-4-10)9-12-7(8(14)15)13-16-9/h11H,2-6H2,1H3,(H,14,15). The fourth-order valence-corrected chi connectivity index (χ4v) is 2.15. The molecule has 1 aliphatic heterocycles. The third-order valence-corrected chi connectivity index (χ3v) is 3.31. The first-order valence-corrected chi connectivity index (χ1v) is 5.46. The third kappa shape index (κ3) is 1.80. The van der Waals surface area contributed by atoms with E-state index >= 15 is 0 Å². The average Bonchev–Trinajstić information content (AvgIpc) is 2.80. The molecule has 6 heteroatoms. The Balaban J connectivity index is 2.28. The fraction of sp³-hybridized carbons (Fsp3) is 0.700. The number of hydrogen-bond donors (Lipinski definition) is 2. The Morgan fingerprint density at radius 3 is 2.75 bits per heavy atom. The maximum Gasteiger partial charge on any atom is 0.377 e. The highest BCUT2D eigenvalue weighted by atomic mass is 16.5. The van der Waals surface area contributed by atoms with Crippen molar-refractivity contribution in [1.82, 2.24) is 15.5 Å². The first-order valence-electron chi connectivity index (χ1n) is 5.46. The van der Waals surface area contributed by atoms with Gasteiger partial charge in [0, 0.05) is 0 Å². The summed E-state index contributed by atoms with van der Waals surface area (Å²) >= 11 is 0. The van der Waals surface area contributed by atoms with Crippen LogP contribution in [0, 0.1) is 0 Å². The van der Waals surface area contributed by atoms with Gasteiger partial charge in [0.1, 0.15) is 0 Å². The van der Waals surface area contributed by atoms with Gasteiger partial charge in [-0.2, -0.15) is 4.98 Å². The van der Waals surface area contributed by atoms with Gasteiger partial charge in [0.05, 0.1) is 5.41 Å². The molecular formula is C10H15N3O3. The van der Waals surface area contributed by atoms with E-state index in [-0.39, 0.29) is 11.2 Å². The summed E-state index contributed by atoms with van der Waals surface area (Å²) in [6.45, 7) is 3.87. The van der Waals surface area contributed by atoms with E-state index in [0.717, 1.165) is 32.4 Å². The maximum atomic E-state index is 10.7. The lowest BCUT2D eigenvalue weighted by molar-refractivity contribution is 0.0680. The minimum Gasteiger partial charge on any atom is -0.475 e. The highest BCUT2D eigenvalue weighted by molar-refractivity contribution is 5.82. The second-order valence-electron chi connectivity index (χ2n) is 4.11. The fourth-order valence-electron chi connectivity index (χ4n) is 2.15. The van der Waals surface area contributed by atoms with Gasteiger partial charge in [-0.05, 0) is 37.5 Å². The lowest BCUT2D eigenvalue weighted by Gasteiger charge is -2.33. The van der Waals surface area contributed by atoms with Crippen LogP contribution in [0.1, 0.15) is 42.7 Å². The zero-order valence-corrected chi connectivity index (χ0v) is 9.19. The van der Waals surface area contributed by atoms with Gasteiger partial charge >= 0.3 is 5.97 Å². The molecule has 0 radical (unpaired) electrons. The minimum absolute atomic E-state index is 0.147. The molecule has 2 rings (SSSR count). The number of hydrogen-bond acceptors (Lipinski definition) is 5. The number of piperidine rings is 1. The molecule has 0 bridgehead atoms. The van der Waals surface area contributed by atoms with Crippen LogP contribution in [0.2, 0.25) is 0 Å². The van der Waals surface area contributed by atoms with Crippen molar-refractivity contribution in [2.24, 2.45) is 0 Å². The molecule has 0 atom stereocenters. The highest BCUT2D eigenvalue weighted by Gasteiger charge is 2.38. The van der Waals surface area contributed by atoms with Crippen LogP contribution in [0.25, 0.3) is 0 Å². The van der Waals surface area contributed by atoms with E-state index in [2.05, 4.69) is 22.4 Å². The summed E-state index contributed by atoms with van der Waals surface area (Å²) in [5, 5.41) is 15.5. The van der Waals surface area contributed by atoms with Gasteiger partial charge in [0.15, 0.2) is 0 Å². The number of nitrogens with one attached hydrogen (secondary N) is 1. The molecule has 0 aliphatic carbocycles. The number of aromatic carboxylic acids is 1. The predicted molar refractivity (Wildman–Crippen MR) is 55.3 cm³/mol. The van der Waals surface area contributed by atoms with Crippen molar-refractivity contribution in [3.05, 3.63) is 11.7 Å². The van der Waals surface area contributed by atoms with Crippen LogP contribution in [0.5, 0.6) is 0 Å². The van der Waals surface area contributed by atoms with Crippen molar-refractivity contribution in [2.45, 2.75) is 31.6 Å². The van der Waals surface area contributed by atoms with Crippen LogP contribution in [0.4, 0.5) is 0 Å². The quantitative estimate of drug-likeness (QED) is 0.791. The summed E-state index contributed by atoms with van der Waals surface area (Å²) in [6, 6.07) is 0. The predicted octanol–water partition coefficient (Wildman–Crippen LogP) is 0.799. The van der Waals surface area contributed by atoms with Gasteiger partial charge in [-0.1, -0.05) is 6.92 Å². The van der Waals surface area contributed by atoms with Crippen LogP contribution < -0.4 is 5.32 Å². The number of carboxylic acids is 1. The highest BCUT2D eigenvalue weighted by Crippen LogP contribution is 2.35. The van der Waals surface area contributed by atoms with Crippen LogP contribution in [0.3, 0.4) is 0 Å². The van der Waals surface area contributed by atoms with Gasteiger partial charge in [0.25, 0.3) is 5.82 Å². The Morgan fingerprint density at radius 2 is 2.25 bits per heavy atom. The zero-order chi connectivity index (χ0) is 11.6. The van der Waals surface area contributed by atoms with Crippen molar-refractivity contribution in [2.75, 3.05) is 13.1 Å². The molecule has 0 saturated carbocycles.